The number of carbonyl (C=O) groups is 2. The lowest BCUT2D eigenvalue weighted by atomic mass is 9.85. The van der Waals surface area contributed by atoms with Gasteiger partial charge in [-0.25, -0.2) is 4.39 Å². The number of methoxy groups -OCH3 is 1. The van der Waals surface area contributed by atoms with E-state index in [4.69, 9.17) is 9.73 Å². The Morgan fingerprint density at radius 3 is 2.61 bits per heavy atom. The van der Waals surface area contributed by atoms with Crippen LogP contribution in [0.5, 0.6) is 5.75 Å². The molecule has 0 unspecified atom stereocenters. The van der Waals surface area contributed by atoms with Crippen LogP contribution in [0.15, 0.2) is 71.7 Å². The third kappa shape index (κ3) is 5.00. The number of halogens is 1. The molecule has 0 radical (unpaired) electrons. The van der Waals surface area contributed by atoms with Gasteiger partial charge in [-0.3, -0.25) is 14.6 Å². The summed E-state index contributed by atoms with van der Waals surface area (Å²) in [7, 11) is 1.61. The van der Waals surface area contributed by atoms with Crippen LogP contribution in [0.4, 0.5) is 10.1 Å². The second-order valence-electron chi connectivity index (χ2n) is 8.69. The molecule has 0 saturated carbocycles. The summed E-state index contributed by atoms with van der Waals surface area (Å²) < 4.78 is 19.3. The Hall–Kier alpha value is -3.80. The molecule has 33 heavy (non-hydrogen) atoms. The molecular formula is C27H25FN2O3. The average Bonchev–Trinajstić information content (AvgIpc) is 2.78. The van der Waals surface area contributed by atoms with Crippen LogP contribution >= 0.6 is 0 Å². The van der Waals surface area contributed by atoms with Gasteiger partial charge in [-0.05, 0) is 62.2 Å². The molecule has 6 heteroatoms. The summed E-state index contributed by atoms with van der Waals surface area (Å²) in [5.41, 5.74) is 3.26. The van der Waals surface area contributed by atoms with Gasteiger partial charge in [-0.1, -0.05) is 30.3 Å². The Bertz CT molecular complexity index is 1260. The van der Waals surface area contributed by atoms with E-state index >= 15 is 0 Å². The van der Waals surface area contributed by atoms with E-state index in [1.165, 1.54) is 18.2 Å². The first-order chi connectivity index (χ1) is 15.8. The molecule has 3 aromatic carbocycles. The molecule has 1 aliphatic heterocycles. The van der Waals surface area contributed by atoms with Crippen LogP contribution in [-0.4, -0.2) is 30.1 Å². The third-order valence-electron chi connectivity index (χ3n) is 5.58. The molecule has 168 valence electrons. The molecule has 4 rings (SSSR count). The standard InChI is InChI=1S/C27H25FN2O3/c1-27(2)16-18-11-12-20(33-3)14-22(18)24(30-27)15-25(31)17-7-6-8-19(13-17)29-26(32)21-9-4-5-10-23(21)28/h4-14H,15-16H2,1-3H3,(H,29,32). The quantitative estimate of drug-likeness (QED) is 0.512. The van der Waals surface area contributed by atoms with Crippen molar-refractivity contribution in [2.24, 2.45) is 4.99 Å². The number of aliphatic imine (C=N–C) groups is 1. The van der Waals surface area contributed by atoms with Gasteiger partial charge in [0.1, 0.15) is 11.6 Å². The number of nitrogens with one attached hydrogen (secondary N) is 1. The minimum absolute atomic E-state index is 0.0569. The van der Waals surface area contributed by atoms with Crippen LogP contribution < -0.4 is 10.1 Å². The monoisotopic (exact) mass is 444 g/mol. The van der Waals surface area contributed by atoms with Crippen molar-refractivity contribution in [3.05, 3.63) is 94.8 Å². The molecule has 0 aromatic heterocycles. The van der Waals surface area contributed by atoms with Gasteiger partial charge in [0, 0.05) is 16.8 Å². The number of nitrogens with zero attached hydrogens (tertiary/aromatic N) is 1. The van der Waals surface area contributed by atoms with E-state index in [1.54, 1.807) is 37.4 Å². The summed E-state index contributed by atoms with van der Waals surface area (Å²) in [6, 6.07) is 18.3. The predicted octanol–water partition coefficient (Wildman–Crippen LogP) is 5.48. The van der Waals surface area contributed by atoms with Crippen molar-refractivity contribution in [3.8, 4) is 5.75 Å². The van der Waals surface area contributed by atoms with Crippen molar-refractivity contribution in [3.63, 3.8) is 0 Å². The molecule has 0 fully saturated rings. The number of benzene rings is 3. The summed E-state index contributed by atoms with van der Waals surface area (Å²) in [5, 5.41) is 2.66. The van der Waals surface area contributed by atoms with Gasteiger partial charge >= 0.3 is 0 Å². The lowest BCUT2D eigenvalue weighted by molar-refractivity contribution is 0.0995. The molecular weight excluding hydrogens is 419 g/mol. The first-order valence-corrected chi connectivity index (χ1v) is 10.7. The van der Waals surface area contributed by atoms with Gasteiger partial charge in [-0.15, -0.1) is 0 Å². The number of fused-ring (bicyclic) bond motifs is 1. The highest BCUT2D eigenvalue weighted by atomic mass is 19.1. The van der Waals surface area contributed by atoms with Crippen molar-refractivity contribution in [1.82, 2.24) is 0 Å². The van der Waals surface area contributed by atoms with Crippen molar-refractivity contribution in [1.29, 1.82) is 0 Å². The van der Waals surface area contributed by atoms with E-state index in [0.29, 0.717) is 22.7 Å². The number of carbonyl (C=O) groups excluding carboxylic acids is 2. The molecule has 1 heterocycles. The van der Waals surface area contributed by atoms with E-state index in [2.05, 4.69) is 5.32 Å². The van der Waals surface area contributed by atoms with Crippen molar-refractivity contribution < 1.29 is 18.7 Å². The summed E-state index contributed by atoms with van der Waals surface area (Å²) >= 11 is 0. The number of ketones is 1. The lowest BCUT2D eigenvalue weighted by Crippen LogP contribution is -2.30. The number of amides is 1. The molecule has 0 aliphatic carbocycles. The minimum Gasteiger partial charge on any atom is -0.497 e. The van der Waals surface area contributed by atoms with E-state index < -0.39 is 11.7 Å². The maximum absolute atomic E-state index is 13.9. The fraction of sp³-hybridized carbons (Fsp3) is 0.222. The smallest absolute Gasteiger partial charge is 0.258 e. The van der Waals surface area contributed by atoms with Gasteiger partial charge in [-0.2, -0.15) is 0 Å². The van der Waals surface area contributed by atoms with Crippen LogP contribution in [0.25, 0.3) is 0 Å². The van der Waals surface area contributed by atoms with Gasteiger partial charge in [0.05, 0.1) is 30.3 Å². The molecule has 1 N–H and O–H groups in total. The highest BCUT2D eigenvalue weighted by Crippen LogP contribution is 2.31. The zero-order chi connectivity index (χ0) is 23.6. The van der Waals surface area contributed by atoms with E-state index in [-0.39, 0.29) is 23.3 Å². The number of hydrogen-bond acceptors (Lipinski definition) is 4. The van der Waals surface area contributed by atoms with Gasteiger partial charge in [0.25, 0.3) is 5.91 Å². The molecule has 0 spiro atoms. The fourth-order valence-corrected chi connectivity index (χ4v) is 4.04. The average molecular weight is 445 g/mol. The van der Waals surface area contributed by atoms with Crippen LogP contribution in [0.3, 0.4) is 0 Å². The number of ether oxygens (including phenoxy) is 1. The fourth-order valence-electron chi connectivity index (χ4n) is 4.04. The third-order valence-corrected chi connectivity index (χ3v) is 5.58. The van der Waals surface area contributed by atoms with Crippen LogP contribution in [0, 0.1) is 5.82 Å². The molecule has 3 aromatic rings. The largest absolute Gasteiger partial charge is 0.497 e. The van der Waals surface area contributed by atoms with Crippen LogP contribution in [0.2, 0.25) is 0 Å². The highest BCUT2D eigenvalue weighted by molar-refractivity contribution is 6.17. The Morgan fingerprint density at radius 1 is 1.06 bits per heavy atom. The number of Topliss-reactive ketones (excluding diaryl/α,β-unsaturated/α-hetero) is 1. The normalized spacial score (nSPS) is 14.1. The Labute approximate surface area is 192 Å². The molecule has 5 nitrogen and oxygen atoms in total. The van der Waals surface area contributed by atoms with Crippen molar-refractivity contribution in [2.45, 2.75) is 32.2 Å². The predicted molar refractivity (Wildman–Crippen MR) is 127 cm³/mol. The Kier molecular flexibility index (Phi) is 6.09. The molecule has 1 amide bonds. The topological polar surface area (TPSA) is 67.8 Å². The Balaban J connectivity index is 1.56. The maximum Gasteiger partial charge on any atom is 0.258 e. The minimum atomic E-state index is -0.603. The van der Waals surface area contributed by atoms with Gasteiger partial charge in [0.15, 0.2) is 5.78 Å². The SMILES string of the molecule is COc1ccc2c(c1)C(CC(=O)c1cccc(NC(=O)c3ccccc3F)c1)=NC(C)(C)C2. The zero-order valence-corrected chi connectivity index (χ0v) is 18.8. The summed E-state index contributed by atoms with van der Waals surface area (Å²) in [6.45, 7) is 4.09. The summed E-state index contributed by atoms with van der Waals surface area (Å²) in [4.78, 5) is 30.4. The number of anilines is 1. The number of rotatable bonds is 6. The van der Waals surface area contributed by atoms with Crippen LogP contribution in [0.1, 0.15) is 52.1 Å². The van der Waals surface area contributed by atoms with Gasteiger partial charge in [0.2, 0.25) is 0 Å². The maximum atomic E-state index is 13.9. The van der Waals surface area contributed by atoms with Gasteiger partial charge < -0.3 is 10.1 Å². The molecule has 0 saturated heterocycles. The summed E-state index contributed by atoms with van der Waals surface area (Å²) in [6.07, 6.45) is 0.899. The van der Waals surface area contributed by atoms with Crippen molar-refractivity contribution in [2.75, 3.05) is 12.4 Å². The first-order valence-electron chi connectivity index (χ1n) is 10.7. The number of hydrogen-bond donors (Lipinski definition) is 1. The lowest BCUT2D eigenvalue weighted by Gasteiger charge is -2.29. The summed E-state index contributed by atoms with van der Waals surface area (Å²) in [5.74, 6) is -0.583. The molecule has 1 aliphatic rings. The van der Waals surface area contributed by atoms with Crippen molar-refractivity contribution >= 4 is 23.1 Å². The molecule has 0 bridgehead atoms. The van der Waals surface area contributed by atoms with E-state index in [9.17, 15) is 14.0 Å². The van der Waals surface area contributed by atoms with E-state index in [1.807, 2.05) is 32.0 Å². The highest BCUT2D eigenvalue weighted by Gasteiger charge is 2.28. The van der Waals surface area contributed by atoms with Crippen LogP contribution in [-0.2, 0) is 6.42 Å². The molecule has 0 atom stereocenters. The first kappa shape index (κ1) is 22.4. The van der Waals surface area contributed by atoms with E-state index in [0.717, 1.165) is 17.5 Å². The second-order valence-corrected chi connectivity index (χ2v) is 8.69. The zero-order valence-electron chi connectivity index (χ0n) is 18.8. The Morgan fingerprint density at radius 2 is 1.85 bits per heavy atom. The second kappa shape index (κ2) is 8.98.